The van der Waals surface area contributed by atoms with Gasteiger partial charge in [0.2, 0.25) is 0 Å². The van der Waals surface area contributed by atoms with Gasteiger partial charge in [-0.1, -0.05) is 19.9 Å². The van der Waals surface area contributed by atoms with Crippen LogP contribution in [0, 0.1) is 5.92 Å². The minimum absolute atomic E-state index is 0.559. The maximum atomic E-state index is 5.34. The molecule has 1 aromatic rings. The Balaban J connectivity index is 2.31. The second-order valence-electron chi connectivity index (χ2n) is 5.27. The first-order valence-electron chi connectivity index (χ1n) is 6.51. The summed E-state index contributed by atoms with van der Waals surface area (Å²) in [5.74, 6) is 2.27. The number of methoxy groups -OCH3 is 1. The van der Waals surface area contributed by atoms with Crippen LogP contribution in [0.5, 0.6) is 5.75 Å². The van der Waals surface area contributed by atoms with Crippen LogP contribution < -0.4 is 10.1 Å². The Labute approximate surface area is 104 Å². The fraction of sp³-hybridized carbons (Fsp3) is 0.600. The molecule has 1 aliphatic carbocycles. The summed E-state index contributed by atoms with van der Waals surface area (Å²) in [4.78, 5) is 0. The first kappa shape index (κ1) is 12.4. The number of hydrogen-bond donors (Lipinski definition) is 1. The van der Waals surface area contributed by atoms with Crippen molar-refractivity contribution in [3.63, 3.8) is 0 Å². The molecule has 0 aliphatic heterocycles. The quantitative estimate of drug-likeness (QED) is 0.863. The van der Waals surface area contributed by atoms with Crippen LogP contribution in [0.1, 0.15) is 37.3 Å². The molecule has 2 unspecified atom stereocenters. The van der Waals surface area contributed by atoms with E-state index in [9.17, 15) is 0 Å². The highest BCUT2D eigenvalue weighted by atomic mass is 16.5. The number of fused-ring (bicyclic) bond motifs is 1. The SMILES string of the molecule is CNC(C(C)C)C1CCc2ccc(OC)cc21. The van der Waals surface area contributed by atoms with E-state index < -0.39 is 0 Å². The predicted octanol–water partition coefficient (Wildman–Crippen LogP) is 2.97. The molecule has 0 aromatic heterocycles. The van der Waals surface area contributed by atoms with E-state index in [0.717, 1.165) is 5.75 Å². The lowest BCUT2D eigenvalue weighted by atomic mass is 9.86. The number of hydrogen-bond acceptors (Lipinski definition) is 2. The third kappa shape index (κ3) is 2.32. The van der Waals surface area contributed by atoms with Gasteiger partial charge in [-0.2, -0.15) is 0 Å². The molecule has 0 saturated carbocycles. The molecule has 0 fully saturated rings. The van der Waals surface area contributed by atoms with Crippen molar-refractivity contribution in [2.45, 2.75) is 38.6 Å². The summed E-state index contributed by atoms with van der Waals surface area (Å²) in [7, 11) is 3.81. The fourth-order valence-electron chi connectivity index (χ4n) is 3.11. The van der Waals surface area contributed by atoms with Crippen LogP contribution in [0.3, 0.4) is 0 Å². The summed E-state index contributed by atoms with van der Waals surface area (Å²) < 4.78 is 5.34. The second kappa shape index (κ2) is 5.09. The van der Waals surface area contributed by atoms with E-state index in [4.69, 9.17) is 4.74 Å². The minimum Gasteiger partial charge on any atom is -0.497 e. The summed E-state index contributed by atoms with van der Waals surface area (Å²) in [5, 5.41) is 3.48. The summed E-state index contributed by atoms with van der Waals surface area (Å²) >= 11 is 0. The Morgan fingerprint density at radius 1 is 1.35 bits per heavy atom. The molecule has 1 N–H and O–H groups in total. The Bertz CT molecular complexity index is 387. The lowest BCUT2D eigenvalue weighted by molar-refractivity contribution is 0.359. The van der Waals surface area contributed by atoms with Gasteiger partial charge in [-0.05, 0) is 49.1 Å². The van der Waals surface area contributed by atoms with E-state index in [1.54, 1.807) is 7.11 Å². The maximum Gasteiger partial charge on any atom is 0.119 e. The van der Waals surface area contributed by atoms with Crippen molar-refractivity contribution >= 4 is 0 Å². The number of nitrogens with one attached hydrogen (secondary N) is 1. The van der Waals surface area contributed by atoms with Crippen LogP contribution in [0.25, 0.3) is 0 Å². The van der Waals surface area contributed by atoms with Crippen LogP contribution >= 0.6 is 0 Å². The Kier molecular flexibility index (Phi) is 3.72. The standard InChI is InChI=1S/C15H23NO/c1-10(2)15(16-3)13-8-6-11-5-7-12(17-4)9-14(11)13/h5,7,9-10,13,15-16H,6,8H2,1-4H3. The zero-order chi connectivity index (χ0) is 12.4. The van der Waals surface area contributed by atoms with Gasteiger partial charge in [0.05, 0.1) is 7.11 Å². The third-order valence-electron chi connectivity index (χ3n) is 3.96. The minimum atomic E-state index is 0.559. The molecule has 0 radical (unpaired) electrons. The van der Waals surface area contributed by atoms with Crippen LogP contribution in [0.2, 0.25) is 0 Å². The molecular weight excluding hydrogens is 210 g/mol. The van der Waals surface area contributed by atoms with Crippen LogP contribution in [0.4, 0.5) is 0 Å². The molecule has 2 atom stereocenters. The molecular formula is C15H23NO. The Hall–Kier alpha value is -1.02. The molecule has 0 spiro atoms. The lowest BCUT2D eigenvalue weighted by Crippen LogP contribution is -2.35. The molecule has 2 nitrogen and oxygen atoms in total. The molecule has 0 bridgehead atoms. The molecule has 1 aliphatic rings. The van der Waals surface area contributed by atoms with Gasteiger partial charge in [0.1, 0.15) is 5.75 Å². The average molecular weight is 233 g/mol. The van der Waals surface area contributed by atoms with Gasteiger partial charge >= 0.3 is 0 Å². The Morgan fingerprint density at radius 3 is 2.71 bits per heavy atom. The highest BCUT2D eigenvalue weighted by molar-refractivity contribution is 5.42. The molecule has 17 heavy (non-hydrogen) atoms. The number of aryl methyl sites for hydroxylation is 1. The topological polar surface area (TPSA) is 21.3 Å². The zero-order valence-electron chi connectivity index (χ0n) is 11.3. The van der Waals surface area contributed by atoms with Gasteiger partial charge in [-0.15, -0.1) is 0 Å². The normalized spacial score (nSPS) is 20.4. The van der Waals surface area contributed by atoms with Gasteiger partial charge in [0.15, 0.2) is 0 Å². The van der Waals surface area contributed by atoms with Crippen molar-refractivity contribution in [3.05, 3.63) is 29.3 Å². The highest BCUT2D eigenvalue weighted by Gasteiger charge is 2.30. The van der Waals surface area contributed by atoms with Crippen molar-refractivity contribution in [1.29, 1.82) is 0 Å². The molecule has 94 valence electrons. The van der Waals surface area contributed by atoms with Crippen LogP contribution in [0.15, 0.2) is 18.2 Å². The monoisotopic (exact) mass is 233 g/mol. The molecule has 2 rings (SSSR count). The molecule has 0 saturated heterocycles. The van der Waals surface area contributed by atoms with Gasteiger partial charge in [0.25, 0.3) is 0 Å². The lowest BCUT2D eigenvalue weighted by Gasteiger charge is -2.27. The van der Waals surface area contributed by atoms with Gasteiger partial charge in [-0.3, -0.25) is 0 Å². The number of ether oxygens (including phenoxy) is 1. The summed E-state index contributed by atoms with van der Waals surface area (Å²) in [6.45, 7) is 4.58. The van der Waals surface area contributed by atoms with E-state index >= 15 is 0 Å². The van der Waals surface area contributed by atoms with E-state index in [1.165, 1.54) is 24.0 Å². The number of likely N-dealkylation sites (N-methyl/N-ethyl adjacent to an activating group) is 1. The van der Waals surface area contributed by atoms with E-state index in [0.29, 0.717) is 17.9 Å². The number of benzene rings is 1. The Morgan fingerprint density at radius 2 is 2.12 bits per heavy atom. The third-order valence-corrected chi connectivity index (χ3v) is 3.96. The highest BCUT2D eigenvalue weighted by Crippen LogP contribution is 2.39. The summed E-state index contributed by atoms with van der Waals surface area (Å²) in [6, 6.07) is 7.08. The first-order valence-corrected chi connectivity index (χ1v) is 6.51. The summed E-state index contributed by atoms with van der Waals surface area (Å²) in [5.41, 5.74) is 2.98. The van der Waals surface area contributed by atoms with Crippen molar-refractivity contribution in [2.75, 3.05) is 14.2 Å². The van der Waals surface area contributed by atoms with Crippen LogP contribution in [-0.4, -0.2) is 20.2 Å². The van der Waals surface area contributed by atoms with Crippen LogP contribution in [-0.2, 0) is 6.42 Å². The van der Waals surface area contributed by atoms with Gasteiger partial charge in [0, 0.05) is 12.0 Å². The van der Waals surface area contributed by atoms with Crippen molar-refractivity contribution in [1.82, 2.24) is 5.32 Å². The smallest absolute Gasteiger partial charge is 0.119 e. The number of rotatable bonds is 4. The zero-order valence-corrected chi connectivity index (χ0v) is 11.3. The van der Waals surface area contributed by atoms with Crippen molar-refractivity contribution < 1.29 is 4.74 Å². The molecule has 2 heteroatoms. The first-order chi connectivity index (χ1) is 8.17. The van der Waals surface area contributed by atoms with E-state index in [2.05, 4.69) is 44.4 Å². The molecule has 0 amide bonds. The molecule has 1 aromatic carbocycles. The van der Waals surface area contributed by atoms with E-state index in [1.807, 2.05) is 0 Å². The van der Waals surface area contributed by atoms with E-state index in [-0.39, 0.29) is 0 Å². The fourth-order valence-corrected chi connectivity index (χ4v) is 3.11. The maximum absolute atomic E-state index is 5.34. The summed E-state index contributed by atoms with van der Waals surface area (Å²) in [6.07, 6.45) is 2.46. The molecule has 0 heterocycles. The van der Waals surface area contributed by atoms with Crippen molar-refractivity contribution in [2.24, 2.45) is 5.92 Å². The second-order valence-corrected chi connectivity index (χ2v) is 5.27. The largest absolute Gasteiger partial charge is 0.497 e. The average Bonchev–Trinajstić information content (AvgIpc) is 2.73. The van der Waals surface area contributed by atoms with Gasteiger partial charge in [-0.25, -0.2) is 0 Å². The predicted molar refractivity (Wildman–Crippen MR) is 71.7 cm³/mol. The van der Waals surface area contributed by atoms with Crippen molar-refractivity contribution in [3.8, 4) is 5.75 Å². The van der Waals surface area contributed by atoms with Gasteiger partial charge < -0.3 is 10.1 Å².